The van der Waals surface area contributed by atoms with E-state index < -0.39 is 6.04 Å². The van der Waals surface area contributed by atoms with Crippen molar-refractivity contribution in [1.29, 1.82) is 0 Å². The second-order valence-corrected chi connectivity index (χ2v) is 4.89. The molecule has 1 atom stereocenters. The Morgan fingerprint density at radius 1 is 1.36 bits per heavy atom. The second-order valence-electron chi connectivity index (χ2n) is 4.48. The third-order valence-electron chi connectivity index (χ3n) is 2.24. The molecule has 1 aromatic rings. The van der Waals surface area contributed by atoms with Gasteiger partial charge < -0.3 is 5.73 Å². The lowest BCUT2D eigenvalue weighted by atomic mass is 9.83. The molecule has 14 heavy (non-hydrogen) atoms. The summed E-state index contributed by atoms with van der Waals surface area (Å²) in [5, 5.41) is 0.396. The highest BCUT2D eigenvalue weighted by molar-refractivity contribution is 6.31. The number of halogens is 2. The molecule has 0 aliphatic heterocycles. The Bertz CT molecular complexity index is 310. The molecule has 0 fully saturated rings. The van der Waals surface area contributed by atoms with Crippen LogP contribution in [0.1, 0.15) is 32.4 Å². The molecule has 1 nitrogen and oxygen atoms in total. The molecule has 0 aromatic heterocycles. The number of rotatable bonds is 1. The predicted molar refractivity (Wildman–Crippen MR) is 57.8 cm³/mol. The Morgan fingerprint density at radius 2 is 1.93 bits per heavy atom. The number of hydrogen-bond acceptors (Lipinski definition) is 1. The minimum atomic E-state index is -0.392. The van der Waals surface area contributed by atoms with Crippen LogP contribution in [0.3, 0.4) is 0 Å². The molecule has 2 N–H and O–H groups in total. The van der Waals surface area contributed by atoms with Crippen molar-refractivity contribution in [3.63, 3.8) is 0 Å². The first-order chi connectivity index (χ1) is 6.34. The molecule has 0 saturated heterocycles. The molecule has 0 saturated carbocycles. The van der Waals surface area contributed by atoms with Crippen molar-refractivity contribution >= 4 is 11.6 Å². The quantitative estimate of drug-likeness (QED) is 0.762. The summed E-state index contributed by atoms with van der Waals surface area (Å²) in [4.78, 5) is 0. The average molecular weight is 216 g/mol. The van der Waals surface area contributed by atoms with Gasteiger partial charge in [-0.1, -0.05) is 38.4 Å². The molecular formula is C11H15ClFN. The van der Waals surface area contributed by atoms with Gasteiger partial charge in [-0.05, 0) is 17.5 Å². The first-order valence-corrected chi connectivity index (χ1v) is 4.91. The molecule has 0 bridgehead atoms. The molecule has 0 amide bonds. The van der Waals surface area contributed by atoms with Crippen LogP contribution in [0.25, 0.3) is 0 Å². The summed E-state index contributed by atoms with van der Waals surface area (Å²) in [6.45, 7) is 5.88. The zero-order valence-electron chi connectivity index (χ0n) is 8.64. The summed E-state index contributed by atoms with van der Waals surface area (Å²) >= 11 is 5.91. The van der Waals surface area contributed by atoms with E-state index in [9.17, 15) is 4.39 Å². The van der Waals surface area contributed by atoms with Crippen molar-refractivity contribution in [3.8, 4) is 0 Å². The number of benzene rings is 1. The van der Waals surface area contributed by atoms with Gasteiger partial charge in [0.2, 0.25) is 0 Å². The summed E-state index contributed by atoms with van der Waals surface area (Å²) in [6.07, 6.45) is 0. The SMILES string of the molecule is CC(C)(C)[C@@H](N)c1c(F)cccc1Cl. The van der Waals surface area contributed by atoms with Crippen molar-refractivity contribution in [2.75, 3.05) is 0 Å². The van der Waals surface area contributed by atoms with Crippen molar-refractivity contribution < 1.29 is 4.39 Å². The summed E-state index contributed by atoms with van der Waals surface area (Å²) in [7, 11) is 0. The fourth-order valence-electron chi connectivity index (χ4n) is 1.24. The highest BCUT2D eigenvalue weighted by atomic mass is 35.5. The molecule has 1 rings (SSSR count). The molecule has 0 unspecified atom stereocenters. The molecule has 0 spiro atoms. The summed E-state index contributed by atoms with van der Waals surface area (Å²) in [6, 6.07) is 4.23. The van der Waals surface area contributed by atoms with E-state index in [0.29, 0.717) is 10.6 Å². The average Bonchev–Trinajstić information content (AvgIpc) is 2.01. The van der Waals surface area contributed by atoms with Crippen LogP contribution in [0.5, 0.6) is 0 Å². The second kappa shape index (κ2) is 3.87. The zero-order valence-corrected chi connectivity index (χ0v) is 9.40. The molecule has 0 radical (unpaired) electrons. The van der Waals surface area contributed by atoms with Gasteiger partial charge in [-0.2, -0.15) is 0 Å². The van der Waals surface area contributed by atoms with Crippen LogP contribution < -0.4 is 5.73 Å². The molecular weight excluding hydrogens is 201 g/mol. The molecule has 3 heteroatoms. The van der Waals surface area contributed by atoms with Crippen molar-refractivity contribution in [3.05, 3.63) is 34.6 Å². The Kier molecular flexibility index (Phi) is 3.17. The van der Waals surface area contributed by atoms with Crippen molar-refractivity contribution in [2.45, 2.75) is 26.8 Å². The van der Waals surface area contributed by atoms with E-state index in [-0.39, 0.29) is 11.2 Å². The van der Waals surface area contributed by atoms with Gasteiger partial charge in [0.15, 0.2) is 0 Å². The maximum Gasteiger partial charge on any atom is 0.129 e. The van der Waals surface area contributed by atoms with Crippen LogP contribution in [-0.2, 0) is 0 Å². The number of hydrogen-bond donors (Lipinski definition) is 1. The zero-order chi connectivity index (χ0) is 10.9. The topological polar surface area (TPSA) is 26.0 Å². The lowest BCUT2D eigenvalue weighted by Gasteiger charge is -2.28. The molecule has 0 aliphatic carbocycles. The Labute approximate surface area is 89.1 Å². The molecule has 0 aliphatic rings. The summed E-state index contributed by atoms with van der Waals surface area (Å²) in [5.74, 6) is -0.333. The largest absolute Gasteiger partial charge is 0.323 e. The van der Waals surface area contributed by atoms with Crippen molar-refractivity contribution in [2.24, 2.45) is 11.1 Å². The van der Waals surface area contributed by atoms with Gasteiger partial charge in [0, 0.05) is 16.6 Å². The van der Waals surface area contributed by atoms with Gasteiger partial charge in [0.1, 0.15) is 5.82 Å². The van der Waals surface area contributed by atoms with Gasteiger partial charge in [0.05, 0.1) is 0 Å². The third kappa shape index (κ3) is 2.25. The minimum Gasteiger partial charge on any atom is -0.323 e. The first kappa shape index (κ1) is 11.5. The maximum absolute atomic E-state index is 13.5. The van der Waals surface area contributed by atoms with Crippen LogP contribution in [0, 0.1) is 11.2 Å². The first-order valence-electron chi connectivity index (χ1n) is 4.53. The van der Waals surface area contributed by atoms with Gasteiger partial charge >= 0.3 is 0 Å². The van der Waals surface area contributed by atoms with Crippen LogP contribution >= 0.6 is 11.6 Å². The van der Waals surface area contributed by atoms with Gasteiger partial charge in [-0.25, -0.2) is 4.39 Å². The fraction of sp³-hybridized carbons (Fsp3) is 0.455. The monoisotopic (exact) mass is 215 g/mol. The Morgan fingerprint density at radius 3 is 2.36 bits per heavy atom. The van der Waals surface area contributed by atoms with E-state index in [1.54, 1.807) is 12.1 Å². The molecule has 78 valence electrons. The third-order valence-corrected chi connectivity index (χ3v) is 2.57. The predicted octanol–water partition coefficient (Wildman–Crippen LogP) is 3.53. The van der Waals surface area contributed by atoms with Crippen LogP contribution in [0.2, 0.25) is 5.02 Å². The van der Waals surface area contributed by atoms with E-state index in [1.165, 1.54) is 6.07 Å². The Balaban J connectivity index is 3.19. The van der Waals surface area contributed by atoms with Gasteiger partial charge in [-0.15, -0.1) is 0 Å². The van der Waals surface area contributed by atoms with Crippen LogP contribution in [-0.4, -0.2) is 0 Å². The van der Waals surface area contributed by atoms with Gasteiger partial charge in [0.25, 0.3) is 0 Å². The number of nitrogens with two attached hydrogens (primary N) is 1. The standard InChI is InChI=1S/C11H15ClFN/c1-11(2,3)10(14)9-7(12)5-4-6-8(9)13/h4-6,10H,14H2,1-3H3/t10-/m0/s1. The molecule has 1 aromatic carbocycles. The summed E-state index contributed by atoms with van der Waals surface area (Å²) in [5.41, 5.74) is 6.15. The normalized spacial score (nSPS) is 14.1. The highest BCUT2D eigenvalue weighted by Gasteiger charge is 2.26. The van der Waals surface area contributed by atoms with E-state index >= 15 is 0 Å². The van der Waals surface area contributed by atoms with Crippen molar-refractivity contribution in [1.82, 2.24) is 0 Å². The minimum absolute atomic E-state index is 0.203. The molecule has 0 heterocycles. The van der Waals surface area contributed by atoms with Crippen LogP contribution in [0.4, 0.5) is 4.39 Å². The maximum atomic E-state index is 13.5. The lowest BCUT2D eigenvalue weighted by Crippen LogP contribution is -2.27. The fourth-order valence-corrected chi connectivity index (χ4v) is 1.52. The highest BCUT2D eigenvalue weighted by Crippen LogP contribution is 2.35. The Hall–Kier alpha value is -0.600. The van der Waals surface area contributed by atoms with E-state index in [0.717, 1.165) is 0 Å². The lowest BCUT2D eigenvalue weighted by molar-refractivity contribution is 0.319. The van der Waals surface area contributed by atoms with E-state index in [4.69, 9.17) is 17.3 Å². The smallest absolute Gasteiger partial charge is 0.129 e. The van der Waals surface area contributed by atoms with E-state index in [2.05, 4.69) is 0 Å². The summed E-state index contributed by atoms with van der Waals surface area (Å²) < 4.78 is 13.5. The van der Waals surface area contributed by atoms with Crippen LogP contribution in [0.15, 0.2) is 18.2 Å². The van der Waals surface area contributed by atoms with E-state index in [1.807, 2.05) is 20.8 Å². The van der Waals surface area contributed by atoms with Gasteiger partial charge in [-0.3, -0.25) is 0 Å².